The Bertz CT molecular complexity index is 924. The number of hydrogen-bond donors (Lipinski definition) is 0. The summed E-state index contributed by atoms with van der Waals surface area (Å²) in [4.78, 5) is 4.44. The van der Waals surface area contributed by atoms with Crippen LogP contribution in [-0.4, -0.2) is 15.8 Å². The second kappa shape index (κ2) is 4.38. The fourth-order valence-corrected chi connectivity index (χ4v) is 3.55. The second-order valence-corrected chi connectivity index (χ2v) is 5.84. The van der Waals surface area contributed by atoms with Crippen LogP contribution in [0.25, 0.3) is 11.1 Å². The highest BCUT2D eigenvalue weighted by Crippen LogP contribution is 2.40. The molecule has 1 aliphatic heterocycles. The summed E-state index contributed by atoms with van der Waals surface area (Å²) in [6.45, 7) is 0.865. The van der Waals surface area contributed by atoms with Crippen LogP contribution in [0.4, 0.5) is 5.82 Å². The van der Waals surface area contributed by atoms with Crippen LogP contribution in [0.5, 0.6) is 0 Å². The van der Waals surface area contributed by atoms with E-state index in [-0.39, 0.29) is 0 Å². The predicted octanol–water partition coefficient (Wildman–Crippen LogP) is 3.81. The maximum absolute atomic E-state index is 4.44. The van der Waals surface area contributed by atoms with Crippen molar-refractivity contribution in [2.45, 2.75) is 13.0 Å². The maximum atomic E-state index is 4.44. The first kappa shape index (κ1) is 11.9. The minimum absolute atomic E-state index is 0.865. The van der Waals surface area contributed by atoms with Gasteiger partial charge in [0.2, 0.25) is 0 Å². The average Bonchev–Trinajstić information content (AvgIpc) is 3.16. The normalized spacial score (nSPS) is 14.3. The van der Waals surface area contributed by atoms with E-state index in [1.54, 1.807) is 0 Å². The Morgan fingerprint density at radius 2 is 1.77 bits per heavy atom. The number of hydrogen-bond acceptors (Lipinski definition) is 1. The van der Waals surface area contributed by atoms with Gasteiger partial charge in [0.15, 0.2) is 0 Å². The molecule has 0 bridgehead atoms. The van der Waals surface area contributed by atoms with Crippen molar-refractivity contribution < 1.29 is 4.58 Å². The van der Waals surface area contributed by atoms with Gasteiger partial charge < -0.3 is 4.58 Å². The highest BCUT2D eigenvalue weighted by molar-refractivity contribution is 5.87. The molecule has 1 aromatic heterocycles. The molecular weight excluding hydrogens is 268 g/mol. The highest BCUT2D eigenvalue weighted by atomic mass is 15.1. The van der Waals surface area contributed by atoms with Gasteiger partial charge in [-0.25, -0.2) is 0 Å². The van der Waals surface area contributed by atoms with Crippen molar-refractivity contribution in [1.82, 2.24) is 4.98 Å². The van der Waals surface area contributed by atoms with Crippen LogP contribution >= 0.6 is 0 Å². The fourth-order valence-electron chi connectivity index (χ4n) is 3.55. The molecule has 5 rings (SSSR count). The van der Waals surface area contributed by atoms with Crippen molar-refractivity contribution in [2.75, 3.05) is 0 Å². The summed E-state index contributed by atoms with van der Waals surface area (Å²) in [5, 5.41) is 0. The molecule has 0 saturated heterocycles. The largest absolute Gasteiger partial charge is 0.312 e. The van der Waals surface area contributed by atoms with E-state index in [2.05, 4.69) is 52.2 Å². The molecule has 2 heterocycles. The summed E-state index contributed by atoms with van der Waals surface area (Å²) in [6.07, 6.45) is 6.35. The lowest BCUT2D eigenvalue weighted by atomic mass is 9.98. The lowest BCUT2D eigenvalue weighted by Crippen LogP contribution is -2.02. The van der Waals surface area contributed by atoms with Crippen molar-refractivity contribution >= 4 is 12.0 Å². The monoisotopic (exact) mass is 282 g/mol. The van der Waals surface area contributed by atoms with Crippen molar-refractivity contribution in [2.24, 2.45) is 0 Å². The number of aromatic nitrogens is 1. The quantitative estimate of drug-likeness (QED) is 0.383. The molecule has 2 nitrogen and oxygen atoms in total. The van der Waals surface area contributed by atoms with Crippen LogP contribution < -0.4 is 0 Å². The third kappa shape index (κ3) is 1.61. The third-order valence-corrected chi connectivity index (χ3v) is 4.60. The van der Waals surface area contributed by atoms with E-state index in [0.29, 0.717) is 0 Å². The molecular formula is C20H14N2. The van der Waals surface area contributed by atoms with Crippen molar-refractivity contribution in [3.63, 3.8) is 0 Å². The number of benzene rings is 2. The van der Waals surface area contributed by atoms with E-state index < -0.39 is 0 Å². The molecule has 22 heavy (non-hydrogen) atoms. The van der Waals surface area contributed by atoms with Gasteiger partial charge >= 0.3 is 0 Å². The van der Waals surface area contributed by atoms with E-state index in [9.17, 15) is 0 Å². The molecule has 2 aliphatic rings. The Morgan fingerprint density at radius 3 is 2.68 bits per heavy atom. The third-order valence-electron chi connectivity index (χ3n) is 4.60. The van der Waals surface area contributed by atoms with Gasteiger partial charge in [0.25, 0.3) is 5.82 Å². The number of rotatable bonds is 1. The van der Waals surface area contributed by atoms with Crippen molar-refractivity contribution in [3.8, 4) is 11.1 Å². The van der Waals surface area contributed by atoms with Gasteiger partial charge in [0.1, 0.15) is 6.20 Å². The molecule has 0 atom stereocenters. The van der Waals surface area contributed by atoms with Gasteiger partial charge in [-0.15, -0.1) is 11.6 Å². The second-order valence-electron chi connectivity index (χ2n) is 5.84. The predicted molar refractivity (Wildman–Crippen MR) is 86.7 cm³/mol. The van der Waals surface area contributed by atoms with Crippen molar-refractivity contribution in [3.05, 3.63) is 83.0 Å². The number of pyridine rings is 1. The van der Waals surface area contributed by atoms with Crippen LogP contribution in [0, 0.1) is 0 Å². The van der Waals surface area contributed by atoms with Crippen LogP contribution in [0.2, 0.25) is 0 Å². The van der Waals surface area contributed by atoms with E-state index in [4.69, 9.17) is 0 Å². The molecule has 1 aliphatic carbocycles. The molecule has 0 fully saturated rings. The Hall–Kier alpha value is -2.74. The van der Waals surface area contributed by atoms with Crippen LogP contribution in [-0.2, 0) is 13.0 Å². The van der Waals surface area contributed by atoms with Gasteiger partial charge in [-0.1, -0.05) is 52.5 Å². The molecule has 0 spiro atoms. The SMILES string of the molecule is [C-]1=[N+](c2ccccn2)Cc2c1ccc1c2Cc2ccccc2-1. The van der Waals surface area contributed by atoms with Crippen LogP contribution in [0.3, 0.4) is 0 Å². The van der Waals surface area contributed by atoms with Gasteiger partial charge in [-0.2, -0.15) is 0 Å². The Kier molecular flexibility index (Phi) is 2.36. The highest BCUT2D eigenvalue weighted by Gasteiger charge is 2.23. The molecule has 3 aromatic rings. The molecule has 0 amide bonds. The first-order chi connectivity index (χ1) is 10.9. The Labute approximate surface area is 129 Å². The minimum atomic E-state index is 0.865. The minimum Gasteiger partial charge on any atom is -0.312 e. The lowest BCUT2D eigenvalue weighted by Gasteiger charge is -2.11. The summed E-state index contributed by atoms with van der Waals surface area (Å²) in [5.41, 5.74) is 8.28. The molecule has 0 radical (unpaired) electrons. The van der Waals surface area contributed by atoms with E-state index in [0.717, 1.165) is 18.8 Å². The summed E-state index contributed by atoms with van der Waals surface area (Å²) >= 11 is 0. The molecule has 104 valence electrons. The summed E-state index contributed by atoms with van der Waals surface area (Å²) < 4.78 is 2.12. The number of fused-ring (bicyclic) bond motifs is 5. The maximum Gasteiger partial charge on any atom is 0.251 e. The lowest BCUT2D eigenvalue weighted by molar-refractivity contribution is -0.451. The Balaban J connectivity index is 1.61. The molecule has 0 saturated carbocycles. The Morgan fingerprint density at radius 1 is 0.864 bits per heavy atom. The average molecular weight is 282 g/mol. The van der Waals surface area contributed by atoms with Gasteiger partial charge in [-0.05, 0) is 35.2 Å². The zero-order chi connectivity index (χ0) is 14.5. The topological polar surface area (TPSA) is 15.9 Å². The first-order valence-electron chi connectivity index (χ1n) is 7.58. The van der Waals surface area contributed by atoms with Gasteiger partial charge in [0.05, 0.1) is 6.54 Å². The van der Waals surface area contributed by atoms with E-state index >= 15 is 0 Å². The summed E-state index contributed by atoms with van der Waals surface area (Å²) in [6, 6.07) is 19.2. The molecule has 2 aromatic carbocycles. The standard InChI is InChI=1S/C20H14N2/c1-2-6-16-14(5-1)11-18-17(16)9-8-15-12-22(13-19(15)18)20-7-3-4-10-21-20/h1-10H,11,13H2. The smallest absolute Gasteiger partial charge is 0.251 e. The van der Waals surface area contributed by atoms with Gasteiger partial charge in [-0.3, -0.25) is 0 Å². The van der Waals surface area contributed by atoms with Crippen LogP contribution in [0.1, 0.15) is 22.3 Å². The van der Waals surface area contributed by atoms with E-state index in [1.165, 1.54) is 33.4 Å². The zero-order valence-corrected chi connectivity index (χ0v) is 12.1. The molecule has 0 N–H and O–H groups in total. The fraction of sp³-hybridized carbons (Fsp3) is 0.100. The summed E-state index contributed by atoms with van der Waals surface area (Å²) in [5.74, 6) is 0.961. The summed E-state index contributed by atoms with van der Waals surface area (Å²) in [7, 11) is 0. The van der Waals surface area contributed by atoms with Crippen LogP contribution in [0.15, 0.2) is 60.8 Å². The molecule has 2 heteroatoms. The molecule has 0 unspecified atom stereocenters. The zero-order valence-electron chi connectivity index (χ0n) is 12.1. The van der Waals surface area contributed by atoms with Crippen molar-refractivity contribution in [1.29, 1.82) is 0 Å². The van der Waals surface area contributed by atoms with E-state index in [1.807, 2.05) is 24.4 Å². The van der Waals surface area contributed by atoms with Gasteiger partial charge in [0, 0.05) is 6.21 Å². The first-order valence-corrected chi connectivity index (χ1v) is 7.58. The number of nitrogens with zero attached hydrogens (tertiary/aromatic N) is 2.